The van der Waals surface area contributed by atoms with Gasteiger partial charge in [-0.05, 0) is 0 Å². The van der Waals surface area contributed by atoms with Crippen LogP contribution in [0.1, 0.15) is 12.5 Å². The lowest BCUT2D eigenvalue weighted by atomic mass is 10.2. The fourth-order valence-corrected chi connectivity index (χ4v) is 1.56. The van der Waals surface area contributed by atoms with Gasteiger partial charge in [-0.2, -0.15) is 4.98 Å². The number of aromatic nitrogens is 2. The van der Waals surface area contributed by atoms with Crippen LogP contribution < -0.4 is 11.4 Å². The van der Waals surface area contributed by atoms with E-state index >= 15 is 0 Å². The molecule has 1 aliphatic carbocycles. The topological polar surface area (TPSA) is 81.1 Å². The molecule has 1 heterocycles. The highest BCUT2D eigenvalue weighted by Crippen LogP contribution is 2.21. The van der Waals surface area contributed by atoms with Gasteiger partial charge in [0.25, 0.3) is 0 Å². The normalized spacial score (nSPS) is 24.7. The van der Waals surface area contributed by atoms with Crippen LogP contribution in [0, 0.1) is 5.82 Å². The minimum Gasteiger partial charge on any atom is -0.389 e. The van der Waals surface area contributed by atoms with Gasteiger partial charge in [-0.15, -0.1) is 0 Å². The van der Waals surface area contributed by atoms with Gasteiger partial charge in [0.05, 0.1) is 12.1 Å². The van der Waals surface area contributed by atoms with Crippen molar-refractivity contribution in [3.8, 4) is 0 Å². The molecule has 1 aromatic heterocycles. The molecule has 0 spiro atoms. The van der Waals surface area contributed by atoms with Crippen molar-refractivity contribution in [1.82, 2.24) is 9.55 Å². The van der Waals surface area contributed by atoms with Crippen LogP contribution in [-0.4, -0.2) is 20.8 Å². The Labute approximate surface area is 84.7 Å². The Morgan fingerprint density at radius 2 is 2.33 bits per heavy atom. The number of hydrogen-bond donors (Lipinski definition) is 2. The first kappa shape index (κ1) is 9.85. The Kier molecular flexibility index (Phi) is 2.28. The first-order valence-electron chi connectivity index (χ1n) is 4.48. The van der Waals surface area contributed by atoms with Crippen molar-refractivity contribution in [3.05, 3.63) is 34.7 Å². The smallest absolute Gasteiger partial charge is 0.350 e. The van der Waals surface area contributed by atoms with Gasteiger partial charge in [0.1, 0.15) is 0 Å². The third kappa shape index (κ3) is 1.75. The van der Waals surface area contributed by atoms with Gasteiger partial charge in [0.15, 0.2) is 11.6 Å². The summed E-state index contributed by atoms with van der Waals surface area (Å²) >= 11 is 0. The van der Waals surface area contributed by atoms with Gasteiger partial charge in [0, 0.05) is 12.6 Å². The van der Waals surface area contributed by atoms with Crippen molar-refractivity contribution in [2.24, 2.45) is 0 Å². The van der Waals surface area contributed by atoms with Crippen LogP contribution in [0.3, 0.4) is 0 Å². The summed E-state index contributed by atoms with van der Waals surface area (Å²) in [7, 11) is 0. The summed E-state index contributed by atoms with van der Waals surface area (Å²) in [5, 5.41) is 9.23. The predicted molar refractivity (Wildman–Crippen MR) is 51.7 cm³/mol. The Bertz CT molecular complexity index is 469. The van der Waals surface area contributed by atoms with Crippen LogP contribution in [-0.2, 0) is 0 Å². The molecule has 0 bridgehead atoms. The molecule has 0 saturated carbocycles. The molecule has 3 N–H and O–H groups in total. The lowest BCUT2D eigenvalue weighted by Crippen LogP contribution is -2.27. The van der Waals surface area contributed by atoms with E-state index in [1.54, 1.807) is 12.2 Å². The maximum Gasteiger partial charge on any atom is 0.350 e. The number of nitrogens with zero attached hydrogens (tertiary/aromatic N) is 2. The number of aliphatic hydroxyl groups excluding tert-OH is 1. The third-order valence-corrected chi connectivity index (χ3v) is 2.33. The highest BCUT2D eigenvalue weighted by Gasteiger charge is 2.20. The number of nitrogens with two attached hydrogens (primary N) is 1. The van der Waals surface area contributed by atoms with E-state index < -0.39 is 23.4 Å². The predicted octanol–water partition coefficient (Wildman–Crippen LogP) is -0.174. The van der Waals surface area contributed by atoms with Crippen LogP contribution in [0.2, 0.25) is 0 Å². The molecule has 6 heteroatoms. The highest BCUT2D eigenvalue weighted by atomic mass is 19.1. The summed E-state index contributed by atoms with van der Waals surface area (Å²) in [6, 6.07) is -0.352. The molecule has 1 aromatic rings. The maximum atomic E-state index is 13.1. The van der Waals surface area contributed by atoms with Crippen LogP contribution in [0.25, 0.3) is 0 Å². The molecule has 15 heavy (non-hydrogen) atoms. The lowest BCUT2D eigenvalue weighted by molar-refractivity contribution is 0.209. The molecule has 5 nitrogen and oxygen atoms in total. The van der Waals surface area contributed by atoms with Crippen molar-refractivity contribution in [2.75, 3.05) is 5.73 Å². The molecule has 1 aliphatic rings. The molecule has 0 radical (unpaired) electrons. The molecule has 0 unspecified atom stereocenters. The Hall–Kier alpha value is -1.69. The number of halogens is 1. The molecular formula is C9H10FN3O2. The first-order chi connectivity index (χ1) is 7.08. The molecule has 80 valence electrons. The molecular weight excluding hydrogens is 201 g/mol. The first-order valence-corrected chi connectivity index (χ1v) is 4.48. The van der Waals surface area contributed by atoms with Crippen LogP contribution in [0.4, 0.5) is 10.2 Å². The van der Waals surface area contributed by atoms with Gasteiger partial charge in [-0.25, -0.2) is 9.18 Å². The van der Waals surface area contributed by atoms with Crippen LogP contribution in [0.5, 0.6) is 0 Å². The second-order valence-electron chi connectivity index (χ2n) is 3.42. The zero-order valence-corrected chi connectivity index (χ0v) is 7.80. The fraction of sp³-hybridized carbons (Fsp3) is 0.333. The number of rotatable bonds is 1. The second-order valence-corrected chi connectivity index (χ2v) is 3.42. The van der Waals surface area contributed by atoms with Crippen molar-refractivity contribution >= 4 is 5.82 Å². The van der Waals surface area contributed by atoms with E-state index in [1.807, 2.05) is 0 Å². The number of hydrogen-bond acceptors (Lipinski definition) is 4. The fourth-order valence-electron chi connectivity index (χ4n) is 1.56. The summed E-state index contributed by atoms with van der Waals surface area (Å²) < 4.78 is 14.2. The quantitative estimate of drug-likeness (QED) is 0.632. The minimum absolute atomic E-state index is 0.352. The maximum absolute atomic E-state index is 13.1. The molecule has 2 rings (SSSR count). The Morgan fingerprint density at radius 3 is 2.93 bits per heavy atom. The molecule has 0 aromatic carbocycles. The summed E-state index contributed by atoms with van der Waals surface area (Å²) in [4.78, 5) is 14.7. The zero-order valence-electron chi connectivity index (χ0n) is 7.80. The second kappa shape index (κ2) is 3.47. The summed E-state index contributed by atoms with van der Waals surface area (Å²) in [5.74, 6) is -1.14. The molecule has 0 amide bonds. The third-order valence-electron chi connectivity index (χ3n) is 2.33. The number of nitrogen functional groups attached to an aromatic ring is 1. The van der Waals surface area contributed by atoms with Crippen molar-refractivity contribution in [2.45, 2.75) is 18.6 Å². The molecule has 0 fully saturated rings. The van der Waals surface area contributed by atoms with Gasteiger partial charge in [-0.1, -0.05) is 12.2 Å². The Morgan fingerprint density at radius 1 is 1.60 bits per heavy atom. The number of anilines is 1. The van der Waals surface area contributed by atoms with E-state index in [2.05, 4.69) is 4.98 Å². The highest BCUT2D eigenvalue weighted by molar-refractivity contribution is 5.27. The largest absolute Gasteiger partial charge is 0.389 e. The van der Waals surface area contributed by atoms with Gasteiger partial charge >= 0.3 is 5.69 Å². The van der Waals surface area contributed by atoms with E-state index in [4.69, 9.17) is 5.73 Å². The van der Waals surface area contributed by atoms with Crippen molar-refractivity contribution < 1.29 is 9.50 Å². The summed E-state index contributed by atoms with van der Waals surface area (Å²) in [5.41, 5.74) is 4.54. The van der Waals surface area contributed by atoms with Crippen LogP contribution in [0.15, 0.2) is 23.1 Å². The lowest BCUT2D eigenvalue weighted by Gasteiger charge is -2.12. The van der Waals surface area contributed by atoms with Crippen molar-refractivity contribution in [1.29, 1.82) is 0 Å². The van der Waals surface area contributed by atoms with Gasteiger partial charge in [-0.3, -0.25) is 4.57 Å². The number of aliphatic hydroxyl groups is 1. The molecule has 2 atom stereocenters. The van der Waals surface area contributed by atoms with Crippen LogP contribution >= 0.6 is 0 Å². The van der Waals surface area contributed by atoms with E-state index in [9.17, 15) is 14.3 Å². The zero-order chi connectivity index (χ0) is 11.0. The minimum atomic E-state index is -0.732. The average molecular weight is 211 g/mol. The van der Waals surface area contributed by atoms with E-state index in [-0.39, 0.29) is 6.04 Å². The van der Waals surface area contributed by atoms with E-state index in [0.717, 1.165) is 10.8 Å². The number of allylic oxidation sites excluding steroid dienone is 1. The van der Waals surface area contributed by atoms with Gasteiger partial charge < -0.3 is 10.8 Å². The van der Waals surface area contributed by atoms with Gasteiger partial charge in [0.2, 0.25) is 0 Å². The van der Waals surface area contributed by atoms with E-state index in [1.165, 1.54) is 0 Å². The average Bonchev–Trinajstić information content (AvgIpc) is 2.58. The van der Waals surface area contributed by atoms with Crippen molar-refractivity contribution in [3.63, 3.8) is 0 Å². The SMILES string of the molecule is Nc1nc(=O)n([C@H]2C=C[C@@H](O)C2)cc1F. The summed E-state index contributed by atoms with van der Waals surface area (Å²) in [6.07, 6.45) is 3.97. The summed E-state index contributed by atoms with van der Waals surface area (Å²) in [6.45, 7) is 0. The molecule has 0 saturated heterocycles. The standard InChI is InChI=1S/C9H10FN3O2/c10-7-4-13(9(15)12-8(7)11)5-1-2-6(14)3-5/h1-2,4-6,14H,3H2,(H2,11,12,15)/t5-,6+/m0/s1. The van der Waals surface area contributed by atoms with E-state index in [0.29, 0.717) is 6.42 Å². The molecule has 0 aliphatic heterocycles. The monoisotopic (exact) mass is 211 g/mol. The Balaban J connectivity index is 2.41.